The van der Waals surface area contributed by atoms with Gasteiger partial charge in [-0.15, -0.1) is 0 Å². The Kier molecular flexibility index (Phi) is 6.07. The van der Waals surface area contributed by atoms with Crippen molar-refractivity contribution in [3.63, 3.8) is 0 Å². The van der Waals surface area contributed by atoms with Gasteiger partial charge in [-0.3, -0.25) is 14.4 Å². The molecule has 0 aromatic carbocycles. The van der Waals surface area contributed by atoms with E-state index in [1.165, 1.54) is 0 Å². The number of rotatable bonds is 8. The van der Waals surface area contributed by atoms with Gasteiger partial charge in [0.1, 0.15) is 0 Å². The van der Waals surface area contributed by atoms with Crippen molar-refractivity contribution in [2.24, 2.45) is 5.41 Å². The van der Waals surface area contributed by atoms with Gasteiger partial charge in [-0.1, -0.05) is 12.8 Å². The molecule has 6 heteroatoms. The van der Waals surface area contributed by atoms with Crippen LogP contribution in [0.5, 0.6) is 0 Å². The Hall–Kier alpha value is -1.14. The van der Waals surface area contributed by atoms with Gasteiger partial charge in [0, 0.05) is 13.5 Å². The van der Waals surface area contributed by atoms with Crippen LogP contribution in [0, 0.1) is 5.41 Å². The number of carbonyl (C=O) groups excluding carboxylic acids is 1. The molecule has 6 nitrogen and oxygen atoms in total. The average Bonchev–Trinajstić information content (AvgIpc) is 2.71. The second-order valence-electron chi connectivity index (χ2n) is 4.82. The Balaban J connectivity index is 2.36. The van der Waals surface area contributed by atoms with E-state index < -0.39 is 5.97 Å². The minimum atomic E-state index is -0.843. The van der Waals surface area contributed by atoms with E-state index >= 15 is 0 Å². The summed E-state index contributed by atoms with van der Waals surface area (Å²) in [5, 5.41) is 8.92. The molecule has 1 aliphatic carbocycles. The molecule has 0 bridgehead atoms. The van der Waals surface area contributed by atoms with Crippen LogP contribution in [-0.4, -0.2) is 37.3 Å². The van der Waals surface area contributed by atoms with Gasteiger partial charge in [0.15, 0.2) is 0 Å². The third kappa shape index (κ3) is 5.01. The van der Waals surface area contributed by atoms with E-state index in [2.05, 4.69) is 5.48 Å². The first-order valence-electron chi connectivity index (χ1n) is 6.19. The molecule has 0 aromatic rings. The Morgan fingerprint density at radius 3 is 2.44 bits per heavy atom. The van der Waals surface area contributed by atoms with Gasteiger partial charge >= 0.3 is 5.97 Å². The molecule has 1 saturated carbocycles. The summed E-state index contributed by atoms with van der Waals surface area (Å²) in [5.74, 6) is -1.10. The van der Waals surface area contributed by atoms with Gasteiger partial charge in [-0.25, -0.2) is 5.48 Å². The van der Waals surface area contributed by atoms with E-state index in [-0.39, 0.29) is 30.8 Å². The fraction of sp³-hybridized carbons (Fsp3) is 0.833. The molecule has 0 radical (unpaired) electrons. The molecule has 1 amide bonds. The van der Waals surface area contributed by atoms with E-state index in [9.17, 15) is 9.59 Å². The predicted octanol–water partition coefficient (Wildman–Crippen LogP) is 1.11. The van der Waals surface area contributed by atoms with Crippen LogP contribution in [0.2, 0.25) is 0 Å². The highest BCUT2D eigenvalue weighted by Crippen LogP contribution is 2.43. The van der Waals surface area contributed by atoms with Crippen molar-refractivity contribution < 1.29 is 24.3 Å². The normalized spacial score (nSPS) is 17.6. The van der Waals surface area contributed by atoms with E-state index in [1.807, 2.05) is 0 Å². The molecular weight excluding hydrogens is 238 g/mol. The van der Waals surface area contributed by atoms with Crippen LogP contribution in [0.1, 0.15) is 38.5 Å². The van der Waals surface area contributed by atoms with Gasteiger partial charge in [-0.05, 0) is 18.3 Å². The molecule has 1 rings (SSSR count). The zero-order valence-corrected chi connectivity index (χ0v) is 10.7. The summed E-state index contributed by atoms with van der Waals surface area (Å²) in [6.45, 7) is 0.689. The number of ether oxygens (including phenoxy) is 1. The van der Waals surface area contributed by atoms with Gasteiger partial charge in [-0.2, -0.15) is 0 Å². The summed E-state index contributed by atoms with van der Waals surface area (Å²) in [6, 6.07) is 0. The molecule has 104 valence electrons. The highest BCUT2D eigenvalue weighted by Gasteiger charge is 2.37. The second kappa shape index (κ2) is 7.33. The molecular formula is C12H21NO5. The van der Waals surface area contributed by atoms with Crippen LogP contribution in [0.3, 0.4) is 0 Å². The number of nitrogens with one attached hydrogen (secondary N) is 1. The lowest BCUT2D eigenvalue weighted by molar-refractivity contribution is -0.142. The minimum absolute atomic E-state index is 0.0541. The Morgan fingerprint density at radius 1 is 1.22 bits per heavy atom. The number of carbonyl (C=O) groups is 2. The highest BCUT2D eigenvalue weighted by atomic mass is 16.7. The smallest absolute Gasteiger partial charge is 0.303 e. The number of methoxy groups -OCH3 is 1. The van der Waals surface area contributed by atoms with Gasteiger partial charge < -0.3 is 9.84 Å². The van der Waals surface area contributed by atoms with Crippen molar-refractivity contribution >= 4 is 11.9 Å². The van der Waals surface area contributed by atoms with E-state index in [4.69, 9.17) is 14.7 Å². The predicted molar refractivity (Wildman–Crippen MR) is 63.7 cm³/mol. The van der Waals surface area contributed by atoms with E-state index in [0.29, 0.717) is 6.61 Å². The summed E-state index contributed by atoms with van der Waals surface area (Å²) in [7, 11) is 1.55. The maximum absolute atomic E-state index is 11.7. The fourth-order valence-corrected chi connectivity index (χ4v) is 2.50. The zero-order valence-electron chi connectivity index (χ0n) is 10.7. The number of amides is 1. The molecule has 0 atom stereocenters. The molecule has 0 spiro atoms. The molecule has 18 heavy (non-hydrogen) atoms. The lowest BCUT2D eigenvalue weighted by Crippen LogP contribution is -2.32. The molecule has 2 N–H and O–H groups in total. The third-order valence-electron chi connectivity index (χ3n) is 3.30. The van der Waals surface area contributed by atoms with Crippen LogP contribution >= 0.6 is 0 Å². The third-order valence-corrected chi connectivity index (χ3v) is 3.30. The summed E-state index contributed by atoms with van der Waals surface area (Å²) in [5.41, 5.74) is 1.94. The molecule has 0 unspecified atom stereocenters. The molecule has 1 fully saturated rings. The number of hydroxylamine groups is 1. The second-order valence-corrected chi connectivity index (χ2v) is 4.82. The molecule has 1 aliphatic rings. The first-order valence-corrected chi connectivity index (χ1v) is 6.19. The summed E-state index contributed by atoms with van der Waals surface area (Å²) in [6.07, 6.45) is 3.84. The summed E-state index contributed by atoms with van der Waals surface area (Å²) >= 11 is 0. The summed E-state index contributed by atoms with van der Waals surface area (Å²) < 4.78 is 4.78. The summed E-state index contributed by atoms with van der Waals surface area (Å²) in [4.78, 5) is 27.5. The number of carboxylic acids is 1. The molecule has 0 heterocycles. The molecule has 0 aromatic heterocycles. The fourth-order valence-electron chi connectivity index (χ4n) is 2.50. The van der Waals surface area contributed by atoms with Crippen molar-refractivity contribution in [1.82, 2.24) is 5.48 Å². The van der Waals surface area contributed by atoms with Crippen LogP contribution < -0.4 is 5.48 Å². The Morgan fingerprint density at radius 2 is 1.89 bits per heavy atom. The Labute approximate surface area is 107 Å². The van der Waals surface area contributed by atoms with E-state index in [1.54, 1.807) is 7.11 Å². The minimum Gasteiger partial charge on any atom is -0.481 e. The number of hydrogen-bond donors (Lipinski definition) is 2. The van der Waals surface area contributed by atoms with Crippen molar-refractivity contribution in [2.45, 2.75) is 38.5 Å². The maximum Gasteiger partial charge on any atom is 0.303 e. The van der Waals surface area contributed by atoms with Crippen LogP contribution in [0.4, 0.5) is 0 Å². The van der Waals surface area contributed by atoms with Crippen molar-refractivity contribution in [3.05, 3.63) is 0 Å². The molecule has 0 aliphatic heterocycles. The SMILES string of the molecule is COCCONC(=O)CC1(CC(=O)O)CCCC1. The lowest BCUT2D eigenvalue weighted by atomic mass is 9.79. The zero-order chi connectivity index (χ0) is 13.4. The van der Waals surface area contributed by atoms with Crippen molar-refractivity contribution in [2.75, 3.05) is 20.3 Å². The van der Waals surface area contributed by atoms with Crippen molar-refractivity contribution in [3.8, 4) is 0 Å². The topological polar surface area (TPSA) is 84.9 Å². The first kappa shape index (κ1) is 14.9. The number of hydrogen-bond acceptors (Lipinski definition) is 4. The average molecular weight is 259 g/mol. The van der Waals surface area contributed by atoms with Crippen LogP contribution in [-0.2, 0) is 19.2 Å². The molecule has 0 saturated heterocycles. The van der Waals surface area contributed by atoms with Crippen LogP contribution in [0.25, 0.3) is 0 Å². The maximum atomic E-state index is 11.7. The van der Waals surface area contributed by atoms with E-state index in [0.717, 1.165) is 25.7 Å². The quantitative estimate of drug-likeness (QED) is 0.504. The number of carboxylic acid groups (broad SMARTS) is 1. The van der Waals surface area contributed by atoms with Crippen LogP contribution in [0.15, 0.2) is 0 Å². The van der Waals surface area contributed by atoms with Gasteiger partial charge in [0.2, 0.25) is 5.91 Å². The number of aliphatic carboxylic acids is 1. The van der Waals surface area contributed by atoms with Gasteiger partial charge in [0.05, 0.1) is 19.6 Å². The highest BCUT2D eigenvalue weighted by molar-refractivity contribution is 5.77. The standard InChI is InChI=1S/C12H21NO5/c1-17-6-7-18-13-10(14)8-12(9-11(15)16)4-2-3-5-12/h2-9H2,1H3,(H,13,14)(H,15,16). The first-order chi connectivity index (χ1) is 8.58. The van der Waals surface area contributed by atoms with Gasteiger partial charge in [0.25, 0.3) is 0 Å². The Bertz CT molecular complexity index is 286. The monoisotopic (exact) mass is 259 g/mol. The lowest BCUT2D eigenvalue weighted by Gasteiger charge is -2.26. The van der Waals surface area contributed by atoms with Crippen molar-refractivity contribution in [1.29, 1.82) is 0 Å². The largest absolute Gasteiger partial charge is 0.481 e.